The number of rotatable bonds is 3. The minimum absolute atomic E-state index is 0.248. The molecule has 0 amide bonds. The van der Waals surface area contributed by atoms with Crippen molar-refractivity contribution >= 4 is 5.97 Å². The van der Waals surface area contributed by atoms with Gasteiger partial charge in [-0.15, -0.1) is 0 Å². The summed E-state index contributed by atoms with van der Waals surface area (Å²) in [5.74, 6) is -0.434. The highest BCUT2D eigenvalue weighted by Crippen LogP contribution is 2.24. The molecule has 0 saturated heterocycles. The molecule has 1 unspecified atom stereocenters. The molecule has 0 radical (unpaired) electrons. The lowest BCUT2D eigenvalue weighted by atomic mass is 9.85. The first-order chi connectivity index (χ1) is 6.93. The van der Waals surface area contributed by atoms with Gasteiger partial charge in [0.25, 0.3) is 0 Å². The first-order valence-electron chi connectivity index (χ1n) is 5.52. The van der Waals surface area contributed by atoms with Gasteiger partial charge < -0.3 is 9.84 Å². The first kappa shape index (κ1) is 15.2. The molecular formula is C13H24O3. The molecule has 0 aliphatic rings. The van der Waals surface area contributed by atoms with E-state index < -0.39 is 17.7 Å². The van der Waals surface area contributed by atoms with E-state index in [0.29, 0.717) is 5.57 Å². The van der Waals surface area contributed by atoms with Gasteiger partial charge in [-0.3, -0.25) is 0 Å². The number of hydrogen-bond donors (Lipinski definition) is 1. The van der Waals surface area contributed by atoms with E-state index in [1.807, 2.05) is 20.8 Å². The molecular weight excluding hydrogens is 204 g/mol. The van der Waals surface area contributed by atoms with Crippen LogP contribution in [0.3, 0.4) is 0 Å². The van der Waals surface area contributed by atoms with E-state index in [2.05, 4.69) is 6.58 Å². The zero-order valence-corrected chi connectivity index (χ0v) is 11.3. The third-order valence-corrected chi connectivity index (χ3v) is 2.13. The number of carbonyl (C=O) groups is 1. The molecule has 16 heavy (non-hydrogen) atoms. The molecule has 0 aliphatic heterocycles. The quantitative estimate of drug-likeness (QED) is 0.596. The summed E-state index contributed by atoms with van der Waals surface area (Å²) in [5.41, 5.74) is -0.463. The van der Waals surface area contributed by atoms with Crippen LogP contribution in [0.5, 0.6) is 0 Å². The van der Waals surface area contributed by atoms with Crippen LogP contribution >= 0.6 is 0 Å². The lowest BCUT2D eigenvalue weighted by molar-refractivity contribution is -0.150. The second kappa shape index (κ2) is 5.00. The van der Waals surface area contributed by atoms with E-state index in [1.54, 1.807) is 20.8 Å². The fourth-order valence-electron chi connectivity index (χ4n) is 0.973. The van der Waals surface area contributed by atoms with E-state index in [9.17, 15) is 9.90 Å². The topological polar surface area (TPSA) is 46.5 Å². The Morgan fingerprint density at radius 2 is 1.69 bits per heavy atom. The Bertz CT molecular complexity index is 266. The van der Waals surface area contributed by atoms with Crippen molar-refractivity contribution in [2.24, 2.45) is 5.41 Å². The van der Waals surface area contributed by atoms with Crippen LogP contribution in [-0.4, -0.2) is 22.8 Å². The van der Waals surface area contributed by atoms with E-state index in [0.717, 1.165) is 0 Å². The first-order valence-corrected chi connectivity index (χ1v) is 5.52. The summed E-state index contributed by atoms with van der Waals surface area (Å²) < 4.78 is 5.16. The third-order valence-electron chi connectivity index (χ3n) is 2.13. The molecule has 0 aromatic rings. The van der Waals surface area contributed by atoms with Crippen LogP contribution in [0.1, 0.15) is 48.0 Å². The highest BCUT2D eigenvalue weighted by Gasteiger charge is 2.26. The maximum Gasteiger partial charge on any atom is 0.334 e. The molecule has 0 heterocycles. The average Bonchev–Trinajstić information content (AvgIpc) is 1.98. The normalized spacial score (nSPS) is 14.4. The van der Waals surface area contributed by atoms with Crippen LogP contribution in [-0.2, 0) is 9.53 Å². The van der Waals surface area contributed by atoms with Gasteiger partial charge in [0, 0.05) is 12.0 Å². The zero-order valence-electron chi connectivity index (χ0n) is 11.3. The molecule has 1 N–H and O–H groups in total. The van der Waals surface area contributed by atoms with Crippen molar-refractivity contribution in [1.82, 2.24) is 0 Å². The summed E-state index contributed by atoms with van der Waals surface area (Å²) in [4.78, 5) is 11.6. The summed E-state index contributed by atoms with van der Waals surface area (Å²) in [6.07, 6.45) is -0.342. The van der Waals surface area contributed by atoms with E-state index >= 15 is 0 Å². The highest BCUT2D eigenvalue weighted by atomic mass is 16.6. The molecule has 3 heteroatoms. The van der Waals surface area contributed by atoms with Gasteiger partial charge in [0.1, 0.15) is 5.60 Å². The number of esters is 1. The maximum atomic E-state index is 11.6. The van der Waals surface area contributed by atoms with Crippen LogP contribution < -0.4 is 0 Å². The van der Waals surface area contributed by atoms with Crippen molar-refractivity contribution in [3.8, 4) is 0 Å². The highest BCUT2D eigenvalue weighted by molar-refractivity contribution is 5.88. The van der Waals surface area contributed by atoms with Crippen LogP contribution in [0.2, 0.25) is 0 Å². The molecule has 0 aromatic heterocycles. The molecule has 0 bridgehead atoms. The molecule has 94 valence electrons. The summed E-state index contributed by atoms with van der Waals surface area (Å²) >= 11 is 0. The Balaban J connectivity index is 4.33. The van der Waals surface area contributed by atoms with Gasteiger partial charge in [-0.1, -0.05) is 27.4 Å². The van der Waals surface area contributed by atoms with E-state index in [1.165, 1.54) is 0 Å². The van der Waals surface area contributed by atoms with Crippen molar-refractivity contribution in [3.63, 3.8) is 0 Å². The molecule has 0 rings (SSSR count). The van der Waals surface area contributed by atoms with Gasteiger partial charge in [0.15, 0.2) is 0 Å². The lowest BCUT2D eigenvalue weighted by Crippen LogP contribution is -2.30. The number of carbonyl (C=O) groups excluding carboxylic acids is 1. The zero-order chi connectivity index (χ0) is 13.1. The Kier molecular flexibility index (Phi) is 4.74. The lowest BCUT2D eigenvalue weighted by Gasteiger charge is -2.27. The van der Waals surface area contributed by atoms with Gasteiger partial charge in [0.2, 0.25) is 0 Å². The van der Waals surface area contributed by atoms with Gasteiger partial charge in [-0.05, 0) is 26.2 Å². The largest absolute Gasteiger partial charge is 0.457 e. The number of ether oxygens (including phenoxy) is 1. The van der Waals surface area contributed by atoms with Crippen molar-refractivity contribution < 1.29 is 14.6 Å². The van der Waals surface area contributed by atoms with Crippen LogP contribution in [0, 0.1) is 5.41 Å². The number of hydrogen-bond acceptors (Lipinski definition) is 3. The monoisotopic (exact) mass is 228 g/mol. The molecule has 0 spiro atoms. The molecule has 3 nitrogen and oxygen atoms in total. The summed E-state index contributed by atoms with van der Waals surface area (Å²) in [5, 5.41) is 9.83. The second-order valence-electron chi connectivity index (χ2n) is 6.19. The molecule has 1 atom stereocenters. The van der Waals surface area contributed by atoms with Crippen molar-refractivity contribution in [1.29, 1.82) is 0 Å². The SMILES string of the molecule is C=C(CC(O)C(C)(C)C)C(=O)OC(C)(C)C. The Morgan fingerprint density at radius 3 is 2.00 bits per heavy atom. The predicted molar refractivity (Wildman–Crippen MR) is 65.1 cm³/mol. The predicted octanol–water partition coefficient (Wildman–Crippen LogP) is 2.68. The van der Waals surface area contributed by atoms with Crippen LogP contribution in [0.4, 0.5) is 0 Å². The van der Waals surface area contributed by atoms with Gasteiger partial charge in [-0.25, -0.2) is 4.79 Å². The fourth-order valence-corrected chi connectivity index (χ4v) is 0.973. The minimum atomic E-state index is -0.590. The van der Waals surface area contributed by atoms with Gasteiger partial charge in [-0.2, -0.15) is 0 Å². The fraction of sp³-hybridized carbons (Fsp3) is 0.769. The third kappa shape index (κ3) is 5.91. The Morgan fingerprint density at radius 1 is 1.25 bits per heavy atom. The summed E-state index contributed by atoms with van der Waals surface area (Å²) in [7, 11) is 0. The second-order valence-corrected chi connectivity index (χ2v) is 6.19. The van der Waals surface area contributed by atoms with E-state index in [-0.39, 0.29) is 11.8 Å². The Hall–Kier alpha value is -0.830. The molecule has 0 fully saturated rings. The minimum Gasteiger partial charge on any atom is -0.457 e. The van der Waals surface area contributed by atoms with Crippen molar-refractivity contribution in [3.05, 3.63) is 12.2 Å². The molecule has 0 aliphatic carbocycles. The average molecular weight is 228 g/mol. The van der Waals surface area contributed by atoms with Crippen molar-refractivity contribution in [2.75, 3.05) is 0 Å². The number of aliphatic hydroxyl groups excluding tert-OH is 1. The number of aliphatic hydroxyl groups is 1. The maximum absolute atomic E-state index is 11.6. The summed E-state index contributed by atoms with van der Waals surface area (Å²) in [6.45, 7) is 14.8. The Labute approximate surface area is 98.5 Å². The molecule has 0 aromatic carbocycles. The van der Waals surface area contributed by atoms with Crippen molar-refractivity contribution in [2.45, 2.75) is 59.7 Å². The van der Waals surface area contributed by atoms with E-state index in [4.69, 9.17) is 4.74 Å². The molecule has 0 saturated carbocycles. The van der Waals surface area contributed by atoms with Gasteiger partial charge >= 0.3 is 5.97 Å². The van der Waals surface area contributed by atoms with Crippen LogP contribution in [0.15, 0.2) is 12.2 Å². The summed E-state index contributed by atoms with van der Waals surface area (Å²) in [6, 6.07) is 0. The van der Waals surface area contributed by atoms with Crippen LogP contribution in [0.25, 0.3) is 0 Å². The standard InChI is InChI=1S/C13H24O3/c1-9(8-10(14)12(2,3)4)11(15)16-13(5,6)7/h10,14H,1,8H2,2-7H3. The van der Waals surface area contributed by atoms with Gasteiger partial charge in [0.05, 0.1) is 6.10 Å². The smallest absolute Gasteiger partial charge is 0.334 e.